The fraction of sp³-hybridized carbons (Fsp3) is 1.00. The third-order valence-corrected chi connectivity index (χ3v) is 2.98. The zero-order chi connectivity index (χ0) is 10.4. The van der Waals surface area contributed by atoms with E-state index in [9.17, 15) is 0 Å². The summed E-state index contributed by atoms with van der Waals surface area (Å²) in [4.78, 5) is 2.67. The van der Waals surface area contributed by atoms with E-state index in [1.165, 1.54) is 38.8 Å². The van der Waals surface area contributed by atoms with Gasteiger partial charge < -0.3 is 10.2 Å². The molecule has 2 heteroatoms. The Labute approximate surface area is 89.1 Å². The lowest BCUT2D eigenvalue weighted by atomic mass is 10.2. The van der Waals surface area contributed by atoms with Crippen molar-refractivity contribution >= 4 is 0 Å². The molecule has 0 spiro atoms. The minimum Gasteiger partial charge on any atom is -0.314 e. The molecule has 0 aliphatic heterocycles. The van der Waals surface area contributed by atoms with Gasteiger partial charge in [0.25, 0.3) is 0 Å². The normalized spacial score (nSPS) is 18.9. The zero-order valence-electron chi connectivity index (χ0n) is 10.1. The summed E-state index contributed by atoms with van der Waals surface area (Å²) in [6.07, 6.45) is 5.47. The van der Waals surface area contributed by atoms with E-state index in [4.69, 9.17) is 0 Å². The van der Waals surface area contributed by atoms with Gasteiger partial charge >= 0.3 is 0 Å². The predicted molar refractivity (Wildman–Crippen MR) is 62.6 cm³/mol. The van der Waals surface area contributed by atoms with Crippen molar-refractivity contribution in [2.45, 2.75) is 58.5 Å². The molecule has 1 aliphatic rings. The maximum absolute atomic E-state index is 3.48. The highest BCUT2D eigenvalue weighted by Gasteiger charge is 2.27. The SMILES string of the molecule is CCCN(CCC(C)NCC)C1CC1. The third-order valence-electron chi connectivity index (χ3n) is 2.98. The summed E-state index contributed by atoms with van der Waals surface area (Å²) in [5.41, 5.74) is 0. The van der Waals surface area contributed by atoms with E-state index in [0.717, 1.165) is 12.6 Å². The van der Waals surface area contributed by atoms with Crippen LogP contribution in [-0.2, 0) is 0 Å². The first-order valence-corrected chi connectivity index (χ1v) is 6.25. The molecule has 0 saturated heterocycles. The lowest BCUT2D eigenvalue weighted by Gasteiger charge is -2.23. The van der Waals surface area contributed by atoms with Gasteiger partial charge in [0.2, 0.25) is 0 Å². The van der Waals surface area contributed by atoms with Crippen molar-refractivity contribution in [3.8, 4) is 0 Å². The fourth-order valence-electron chi connectivity index (χ4n) is 2.01. The van der Waals surface area contributed by atoms with Crippen molar-refractivity contribution in [3.63, 3.8) is 0 Å². The molecule has 0 amide bonds. The van der Waals surface area contributed by atoms with Gasteiger partial charge in [0, 0.05) is 12.1 Å². The molecule has 84 valence electrons. The van der Waals surface area contributed by atoms with Crippen LogP contribution in [0.25, 0.3) is 0 Å². The van der Waals surface area contributed by atoms with Crippen molar-refractivity contribution in [2.24, 2.45) is 0 Å². The number of nitrogens with one attached hydrogen (secondary N) is 1. The minimum absolute atomic E-state index is 0.679. The van der Waals surface area contributed by atoms with Gasteiger partial charge in [0.15, 0.2) is 0 Å². The highest BCUT2D eigenvalue weighted by Crippen LogP contribution is 2.26. The van der Waals surface area contributed by atoms with E-state index in [0.29, 0.717) is 6.04 Å². The second kappa shape index (κ2) is 6.41. The molecule has 1 fully saturated rings. The van der Waals surface area contributed by atoms with Crippen molar-refractivity contribution in [1.82, 2.24) is 10.2 Å². The summed E-state index contributed by atoms with van der Waals surface area (Å²) in [5, 5.41) is 3.48. The van der Waals surface area contributed by atoms with Crippen LogP contribution in [-0.4, -0.2) is 36.6 Å². The second-order valence-corrected chi connectivity index (χ2v) is 4.51. The van der Waals surface area contributed by atoms with E-state index in [1.54, 1.807) is 0 Å². The van der Waals surface area contributed by atoms with E-state index >= 15 is 0 Å². The Balaban J connectivity index is 2.12. The van der Waals surface area contributed by atoms with Gasteiger partial charge in [0.1, 0.15) is 0 Å². The quantitative estimate of drug-likeness (QED) is 0.643. The molecule has 0 aromatic heterocycles. The Morgan fingerprint density at radius 1 is 1.29 bits per heavy atom. The Morgan fingerprint density at radius 2 is 2.00 bits per heavy atom. The monoisotopic (exact) mass is 198 g/mol. The van der Waals surface area contributed by atoms with E-state index in [1.807, 2.05) is 0 Å². The molecular formula is C12H26N2. The van der Waals surface area contributed by atoms with Crippen LogP contribution in [0.5, 0.6) is 0 Å². The standard InChI is InChI=1S/C12H26N2/c1-4-9-14(12-6-7-12)10-8-11(3)13-5-2/h11-13H,4-10H2,1-3H3. The first kappa shape index (κ1) is 12.0. The molecule has 1 saturated carbocycles. The maximum atomic E-state index is 3.48. The molecule has 14 heavy (non-hydrogen) atoms. The topological polar surface area (TPSA) is 15.3 Å². The van der Waals surface area contributed by atoms with Crippen LogP contribution in [0.15, 0.2) is 0 Å². The summed E-state index contributed by atoms with van der Waals surface area (Å²) in [6.45, 7) is 10.4. The minimum atomic E-state index is 0.679. The number of hydrogen-bond acceptors (Lipinski definition) is 2. The smallest absolute Gasteiger partial charge is 0.00964 e. The average Bonchev–Trinajstić information content (AvgIpc) is 2.96. The molecule has 0 aromatic rings. The average molecular weight is 198 g/mol. The lowest BCUT2D eigenvalue weighted by molar-refractivity contribution is 0.250. The Morgan fingerprint density at radius 3 is 2.50 bits per heavy atom. The molecule has 1 aliphatic carbocycles. The first-order valence-electron chi connectivity index (χ1n) is 6.25. The number of nitrogens with zero attached hydrogens (tertiary/aromatic N) is 1. The van der Waals surface area contributed by atoms with Crippen LogP contribution in [0, 0.1) is 0 Å². The highest BCUT2D eigenvalue weighted by atomic mass is 15.2. The maximum Gasteiger partial charge on any atom is 0.00964 e. The van der Waals surface area contributed by atoms with Gasteiger partial charge in [-0.1, -0.05) is 13.8 Å². The van der Waals surface area contributed by atoms with Crippen LogP contribution >= 0.6 is 0 Å². The van der Waals surface area contributed by atoms with Crippen LogP contribution in [0.4, 0.5) is 0 Å². The summed E-state index contributed by atoms with van der Waals surface area (Å²) in [6, 6.07) is 1.61. The molecule has 0 aromatic carbocycles. The molecule has 2 nitrogen and oxygen atoms in total. The van der Waals surface area contributed by atoms with Crippen molar-refractivity contribution in [1.29, 1.82) is 0 Å². The van der Waals surface area contributed by atoms with E-state index in [-0.39, 0.29) is 0 Å². The van der Waals surface area contributed by atoms with Gasteiger partial charge in [-0.3, -0.25) is 0 Å². The highest BCUT2D eigenvalue weighted by molar-refractivity contribution is 4.84. The van der Waals surface area contributed by atoms with Gasteiger partial charge in [-0.25, -0.2) is 0 Å². The van der Waals surface area contributed by atoms with Crippen LogP contribution in [0.2, 0.25) is 0 Å². The molecule has 0 heterocycles. The number of rotatable bonds is 8. The Kier molecular flexibility index (Phi) is 5.49. The molecule has 1 N–H and O–H groups in total. The van der Waals surface area contributed by atoms with Crippen molar-refractivity contribution < 1.29 is 0 Å². The van der Waals surface area contributed by atoms with E-state index in [2.05, 4.69) is 31.0 Å². The zero-order valence-corrected chi connectivity index (χ0v) is 10.1. The van der Waals surface area contributed by atoms with E-state index < -0.39 is 0 Å². The first-order chi connectivity index (χ1) is 6.77. The molecular weight excluding hydrogens is 172 g/mol. The van der Waals surface area contributed by atoms with Gasteiger partial charge in [0.05, 0.1) is 0 Å². The molecule has 1 rings (SSSR count). The lowest BCUT2D eigenvalue weighted by Crippen LogP contribution is -2.34. The second-order valence-electron chi connectivity index (χ2n) is 4.51. The summed E-state index contributed by atoms with van der Waals surface area (Å²) in [7, 11) is 0. The fourth-order valence-corrected chi connectivity index (χ4v) is 2.01. The largest absolute Gasteiger partial charge is 0.314 e. The van der Waals surface area contributed by atoms with Crippen molar-refractivity contribution in [2.75, 3.05) is 19.6 Å². The Hall–Kier alpha value is -0.0800. The predicted octanol–water partition coefficient (Wildman–Crippen LogP) is 2.25. The molecule has 0 bridgehead atoms. The number of hydrogen-bond donors (Lipinski definition) is 1. The van der Waals surface area contributed by atoms with Crippen LogP contribution < -0.4 is 5.32 Å². The van der Waals surface area contributed by atoms with Gasteiger partial charge in [-0.15, -0.1) is 0 Å². The van der Waals surface area contributed by atoms with Crippen LogP contribution in [0.1, 0.15) is 46.5 Å². The summed E-state index contributed by atoms with van der Waals surface area (Å²) >= 11 is 0. The van der Waals surface area contributed by atoms with Crippen LogP contribution in [0.3, 0.4) is 0 Å². The molecule has 0 radical (unpaired) electrons. The molecule has 1 unspecified atom stereocenters. The van der Waals surface area contributed by atoms with Gasteiger partial charge in [-0.2, -0.15) is 0 Å². The summed E-state index contributed by atoms with van der Waals surface area (Å²) in [5.74, 6) is 0. The Bertz CT molecular complexity index is 143. The third kappa shape index (κ3) is 4.43. The van der Waals surface area contributed by atoms with Crippen molar-refractivity contribution in [3.05, 3.63) is 0 Å². The van der Waals surface area contributed by atoms with Gasteiger partial charge in [-0.05, 0) is 52.2 Å². The summed E-state index contributed by atoms with van der Waals surface area (Å²) < 4.78 is 0. The molecule has 1 atom stereocenters.